The number of benzene rings is 2. The van der Waals surface area contributed by atoms with Gasteiger partial charge in [-0.3, -0.25) is 19.6 Å². The van der Waals surface area contributed by atoms with Gasteiger partial charge in [0.2, 0.25) is 0 Å². The van der Waals surface area contributed by atoms with Gasteiger partial charge in [0.05, 0.1) is 18.0 Å². The van der Waals surface area contributed by atoms with Crippen LogP contribution >= 0.6 is 0 Å². The summed E-state index contributed by atoms with van der Waals surface area (Å²) in [6.07, 6.45) is 0. The third-order valence-electron chi connectivity index (χ3n) is 4.72. The van der Waals surface area contributed by atoms with Crippen LogP contribution in [0.15, 0.2) is 48.5 Å². The summed E-state index contributed by atoms with van der Waals surface area (Å²) >= 11 is 0. The molecule has 156 valence electrons. The fourth-order valence-electron chi connectivity index (χ4n) is 3.18. The van der Waals surface area contributed by atoms with Crippen molar-refractivity contribution < 1.29 is 14.5 Å². The Balaban J connectivity index is 1.53. The number of ether oxygens (including phenoxy) is 1. The van der Waals surface area contributed by atoms with Gasteiger partial charge in [-0.25, -0.2) is 0 Å². The molecule has 2 aromatic carbocycles. The van der Waals surface area contributed by atoms with Crippen LogP contribution in [0.25, 0.3) is 0 Å². The van der Waals surface area contributed by atoms with E-state index in [0.29, 0.717) is 36.6 Å². The monoisotopic (exact) mass is 408 g/mol. The highest BCUT2D eigenvalue weighted by Crippen LogP contribution is 2.22. The van der Waals surface area contributed by atoms with Gasteiger partial charge < -0.3 is 10.1 Å². The lowest BCUT2D eigenvalue weighted by atomic mass is 10.1. The molecule has 0 atom stereocenters. The second-order valence-electron chi connectivity index (χ2n) is 7.05. The molecule has 3 aromatic rings. The summed E-state index contributed by atoms with van der Waals surface area (Å²) in [6, 6.07) is 14.8. The standard InChI is InChI=1S/C22H24N4O4/c1-15-5-4-6-20(13-15)30-12-11-23-22(27)19-9-7-18(8-10-19)14-25-17(3)21(26(28)29)16(2)24-25/h4-10,13H,11-12,14H2,1-3H3,(H,23,27). The van der Waals surface area contributed by atoms with Crippen molar-refractivity contribution in [3.05, 3.63) is 86.7 Å². The molecule has 0 saturated heterocycles. The number of nitro groups is 1. The zero-order chi connectivity index (χ0) is 21.7. The molecular weight excluding hydrogens is 384 g/mol. The molecule has 8 nitrogen and oxygen atoms in total. The minimum Gasteiger partial charge on any atom is -0.492 e. The number of hydrogen-bond donors (Lipinski definition) is 1. The van der Waals surface area contributed by atoms with Gasteiger partial charge in [0, 0.05) is 5.56 Å². The molecule has 0 aliphatic rings. The Morgan fingerprint density at radius 1 is 1.17 bits per heavy atom. The van der Waals surface area contributed by atoms with Crippen molar-refractivity contribution in [3.63, 3.8) is 0 Å². The Morgan fingerprint density at radius 2 is 1.90 bits per heavy atom. The first-order valence-electron chi connectivity index (χ1n) is 9.60. The number of nitrogens with zero attached hydrogens (tertiary/aromatic N) is 3. The smallest absolute Gasteiger partial charge is 0.312 e. The molecule has 0 spiro atoms. The van der Waals surface area contributed by atoms with Gasteiger partial charge in [-0.2, -0.15) is 5.10 Å². The van der Waals surface area contributed by atoms with Crippen LogP contribution in [0.5, 0.6) is 5.75 Å². The second-order valence-corrected chi connectivity index (χ2v) is 7.05. The number of amides is 1. The quantitative estimate of drug-likeness (QED) is 0.349. The number of aromatic nitrogens is 2. The maximum atomic E-state index is 12.3. The Labute approximate surface area is 174 Å². The van der Waals surface area contributed by atoms with Crippen molar-refractivity contribution in [1.29, 1.82) is 0 Å². The molecular formula is C22H24N4O4. The molecule has 0 unspecified atom stereocenters. The number of aryl methyl sites for hydroxylation is 2. The minimum atomic E-state index is -0.412. The maximum Gasteiger partial charge on any atom is 0.312 e. The van der Waals surface area contributed by atoms with Gasteiger partial charge in [-0.05, 0) is 56.2 Å². The molecule has 0 bridgehead atoms. The molecule has 8 heteroatoms. The fraction of sp³-hybridized carbons (Fsp3) is 0.273. The van der Waals surface area contributed by atoms with Crippen molar-refractivity contribution in [1.82, 2.24) is 15.1 Å². The minimum absolute atomic E-state index is 0.0406. The molecule has 30 heavy (non-hydrogen) atoms. The van der Waals surface area contributed by atoms with Crippen molar-refractivity contribution in [2.45, 2.75) is 27.3 Å². The van der Waals surface area contributed by atoms with Crippen molar-refractivity contribution in [3.8, 4) is 5.75 Å². The molecule has 0 saturated carbocycles. The van der Waals surface area contributed by atoms with Gasteiger partial charge in [0.1, 0.15) is 23.7 Å². The summed E-state index contributed by atoms with van der Waals surface area (Å²) in [4.78, 5) is 23.0. The van der Waals surface area contributed by atoms with Crippen LogP contribution in [0.2, 0.25) is 0 Å². The van der Waals surface area contributed by atoms with E-state index in [1.807, 2.05) is 43.3 Å². The highest BCUT2D eigenvalue weighted by atomic mass is 16.6. The lowest BCUT2D eigenvalue weighted by molar-refractivity contribution is -0.386. The van der Waals surface area contributed by atoms with Gasteiger partial charge in [-0.15, -0.1) is 0 Å². The fourth-order valence-corrected chi connectivity index (χ4v) is 3.18. The van der Waals surface area contributed by atoms with E-state index in [0.717, 1.165) is 16.9 Å². The lowest BCUT2D eigenvalue weighted by Crippen LogP contribution is -2.28. The van der Waals surface area contributed by atoms with E-state index in [1.165, 1.54) is 0 Å². The Hall–Kier alpha value is -3.68. The molecule has 1 N–H and O–H groups in total. The Kier molecular flexibility index (Phi) is 6.46. The molecule has 1 heterocycles. The zero-order valence-electron chi connectivity index (χ0n) is 17.2. The van der Waals surface area contributed by atoms with E-state index in [2.05, 4.69) is 10.4 Å². The summed E-state index contributed by atoms with van der Waals surface area (Å²) < 4.78 is 7.23. The van der Waals surface area contributed by atoms with Crippen LogP contribution in [0.3, 0.4) is 0 Å². The molecule has 1 aromatic heterocycles. The van der Waals surface area contributed by atoms with E-state index >= 15 is 0 Å². The van der Waals surface area contributed by atoms with E-state index in [4.69, 9.17) is 4.74 Å². The van der Waals surface area contributed by atoms with Gasteiger partial charge >= 0.3 is 5.69 Å². The maximum absolute atomic E-state index is 12.3. The molecule has 0 aliphatic carbocycles. The van der Waals surface area contributed by atoms with E-state index in [1.54, 1.807) is 30.7 Å². The first kappa shape index (κ1) is 21.0. The lowest BCUT2D eigenvalue weighted by Gasteiger charge is -2.09. The van der Waals surface area contributed by atoms with Gasteiger partial charge in [-0.1, -0.05) is 24.3 Å². The molecule has 0 fully saturated rings. The summed E-state index contributed by atoms with van der Waals surface area (Å²) in [5, 5.41) is 18.2. The zero-order valence-corrected chi connectivity index (χ0v) is 17.2. The average Bonchev–Trinajstić information content (AvgIpc) is 2.99. The molecule has 0 radical (unpaired) electrons. The highest BCUT2D eigenvalue weighted by molar-refractivity contribution is 5.94. The van der Waals surface area contributed by atoms with Crippen molar-refractivity contribution >= 4 is 11.6 Å². The summed E-state index contributed by atoms with van der Waals surface area (Å²) in [7, 11) is 0. The van der Waals surface area contributed by atoms with Crippen LogP contribution < -0.4 is 10.1 Å². The number of carbonyl (C=O) groups excluding carboxylic acids is 1. The van der Waals surface area contributed by atoms with Crippen LogP contribution in [0.1, 0.15) is 32.9 Å². The van der Waals surface area contributed by atoms with Crippen LogP contribution in [0, 0.1) is 30.9 Å². The van der Waals surface area contributed by atoms with Crippen molar-refractivity contribution in [2.24, 2.45) is 0 Å². The van der Waals surface area contributed by atoms with Crippen LogP contribution in [-0.2, 0) is 6.54 Å². The molecule has 3 rings (SSSR count). The topological polar surface area (TPSA) is 99.3 Å². The van der Waals surface area contributed by atoms with E-state index in [-0.39, 0.29) is 11.6 Å². The summed E-state index contributed by atoms with van der Waals surface area (Å²) in [5.74, 6) is 0.592. The van der Waals surface area contributed by atoms with Gasteiger partial charge in [0.15, 0.2) is 0 Å². The van der Waals surface area contributed by atoms with E-state index < -0.39 is 4.92 Å². The number of rotatable bonds is 8. The number of carbonyl (C=O) groups is 1. The first-order valence-corrected chi connectivity index (χ1v) is 9.60. The number of hydrogen-bond acceptors (Lipinski definition) is 5. The van der Waals surface area contributed by atoms with Crippen LogP contribution in [0.4, 0.5) is 5.69 Å². The average molecular weight is 408 g/mol. The van der Waals surface area contributed by atoms with Crippen molar-refractivity contribution in [2.75, 3.05) is 13.2 Å². The third-order valence-corrected chi connectivity index (χ3v) is 4.72. The normalized spacial score (nSPS) is 10.6. The number of nitrogens with one attached hydrogen (secondary N) is 1. The Morgan fingerprint density at radius 3 is 2.53 bits per heavy atom. The largest absolute Gasteiger partial charge is 0.492 e. The SMILES string of the molecule is Cc1cccc(OCCNC(=O)c2ccc(Cn3nc(C)c([N+](=O)[O-])c3C)cc2)c1. The van der Waals surface area contributed by atoms with Gasteiger partial charge in [0.25, 0.3) is 5.91 Å². The third kappa shape index (κ3) is 5.02. The second kappa shape index (κ2) is 9.21. The first-order chi connectivity index (χ1) is 14.3. The predicted molar refractivity (Wildman–Crippen MR) is 113 cm³/mol. The summed E-state index contributed by atoms with van der Waals surface area (Å²) in [5.41, 5.74) is 3.49. The predicted octanol–water partition coefficient (Wildman–Crippen LogP) is 3.57. The van der Waals surface area contributed by atoms with Crippen LogP contribution in [-0.4, -0.2) is 33.8 Å². The summed E-state index contributed by atoms with van der Waals surface area (Å²) in [6.45, 7) is 6.46. The highest BCUT2D eigenvalue weighted by Gasteiger charge is 2.21. The molecule has 0 aliphatic heterocycles. The Bertz CT molecular complexity index is 1060. The van der Waals surface area contributed by atoms with E-state index in [9.17, 15) is 14.9 Å². The molecule has 1 amide bonds.